The minimum atomic E-state index is -0.736. The first-order chi connectivity index (χ1) is 7.20. The lowest BCUT2D eigenvalue weighted by molar-refractivity contribution is 0.0822. The largest absolute Gasteiger partial charge is 0.394 e. The number of halogens is 1. The molecular weight excluding hydrogens is 214 g/mol. The van der Waals surface area contributed by atoms with E-state index in [1.165, 1.54) is 0 Å². The summed E-state index contributed by atoms with van der Waals surface area (Å²) >= 11 is 5.89. The number of fused-ring (bicyclic) bond motifs is 1. The molecule has 2 aromatic rings. The molecule has 1 heterocycles. The van der Waals surface area contributed by atoms with Crippen molar-refractivity contribution >= 4 is 22.5 Å². The van der Waals surface area contributed by atoms with Crippen LogP contribution < -0.4 is 0 Å². The Hall–Kier alpha value is -1.03. The fourth-order valence-electron chi connectivity index (χ4n) is 1.60. The summed E-state index contributed by atoms with van der Waals surface area (Å²) in [6.07, 6.45) is 1.14. The van der Waals surface area contributed by atoms with Crippen molar-refractivity contribution in [3.8, 4) is 0 Å². The van der Waals surface area contributed by atoms with Gasteiger partial charge in [0.1, 0.15) is 0 Å². The first kappa shape index (κ1) is 10.5. The first-order valence-corrected chi connectivity index (χ1v) is 5.12. The summed E-state index contributed by atoms with van der Waals surface area (Å²) in [6.45, 7) is 0.139. The van der Waals surface area contributed by atoms with Gasteiger partial charge in [0.2, 0.25) is 0 Å². The molecule has 1 aromatic carbocycles. The summed E-state index contributed by atoms with van der Waals surface area (Å²) in [5.41, 5.74) is 0.968. The van der Waals surface area contributed by atoms with Crippen molar-refractivity contribution in [2.75, 3.05) is 6.61 Å². The van der Waals surface area contributed by atoms with Crippen LogP contribution in [0.2, 0.25) is 5.02 Å². The Bertz CT molecular complexity index is 467. The fraction of sp³-hybridized carbons (Fsp3) is 0.273. The van der Waals surface area contributed by atoms with Crippen LogP contribution in [0.15, 0.2) is 30.5 Å². The molecular formula is C11H12ClNO2. The van der Waals surface area contributed by atoms with Crippen LogP contribution in [0.5, 0.6) is 0 Å². The van der Waals surface area contributed by atoms with Crippen LogP contribution in [0.3, 0.4) is 0 Å². The number of rotatable bonds is 3. The summed E-state index contributed by atoms with van der Waals surface area (Å²) in [6, 6.07) is 7.56. The number of aliphatic hydroxyl groups excluding tert-OH is 2. The van der Waals surface area contributed by atoms with E-state index in [1.807, 2.05) is 35.0 Å². The van der Waals surface area contributed by atoms with Crippen molar-refractivity contribution in [3.63, 3.8) is 0 Å². The quantitative estimate of drug-likeness (QED) is 0.835. The van der Waals surface area contributed by atoms with Gasteiger partial charge >= 0.3 is 0 Å². The highest BCUT2D eigenvalue weighted by Crippen LogP contribution is 2.20. The van der Waals surface area contributed by atoms with Crippen molar-refractivity contribution < 1.29 is 10.2 Å². The standard InChI is InChI=1S/C11H12ClNO2/c12-9-2-1-8-3-4-13(11(8)5-9)6-10(15)7-14/h1-5,10,14-15H,6-7H2. The highest BCUT2D eigenvalue weighted by Gasteiger charge is 2.06. The Morgan fingerprint density at radius 3 is 2.87 bits per heavy atom. The van der Waals surface area contributed by atoms with E-state index in [-0.39, 0.29) is 6.61 Å². The Balaban J connectivity index is 2.39. The van der Waals surface area contributed by atoms with Crippen LogP contribution in [0.25, 0.3) is 10.9 Å². The number of hydrogen-bond acceptors (Lipinski definition) is 2. The predicted molar refractivity (Wildman–Crippen MR) is 60.0 cm³/mol. The Kier molecular flexibility index (Phi) is 2.95. The molecule has 0 radical (unpaired) electrons. The zero-order chi connectivity index (χ0) is 10.8. The van der Waals surface area contributed by atoms with Gasteiger partial charge in [0.05, 0.1) is 19.3 Å². The van der Waals surface area contributed by atoms with Gasteiger partial charge in [-0.25, -0.2) is 0 Å². The first-order valence-electron chi connectivity index (χ1n) is 4.74. The maximum Gasteiger partial charge on any atom is 0.0949 e. The van der Waals surface area contributed by atoms with Crippen LogP contribution in [0.4, 0.5) is 0 Å². The number of benzene rings is 1. The van der Waals surface area contributed by atoms with E-state index in [2.05, 4.69) is 0 Å². The molecule has 0 saturated heterocycles. The topological polar surface area (TPSA) is 45.4 Å². The third kappa shape index (κ3) is 2.15. The number of aromatic nitrogens is 1. The Morgan fingerprint density at radius 2 is 2.13 bits per heavy atom. The molecule has 15 heavy (non-hydrogen) atoms. The van der Waals surface area contributed by atoms with E-state index in [0.717, 1.165) is 10.9 Å². The molecule has 2 rings (SSSR count). The van der Waals surface area contributed by atoms with Crippen LogP contribution in [-0.2, 0) is 6.54 Å². The van der Waals surface area contributed by atoms with E-state index < -0.39 is 6.10 Å². The molecule has 0 spiro atoms. The van der Waals surface area contributed by atoms with Gasteiger partial charge in [-0.3, -0.25) is 0 Å². The lowest BCUT2D eigenvalue weighted by Gasteiger charge is -2.09. The number of nitrogens with zero attached hydrogens (tertiary/aromatic N) is 1. The molecule has 0 amide bonds. The van der Waals surface area contributed by atoms with Gasteiger partial charge in [-0.1, -0.05) is 17.7 Å². The van der Waals surface area contributed by atoms with Crippen molar-refractivity contribution in [1.29, 1.82) is 0 Å². The second-order valence-corrected chi connectivity index (χ2v) is 3.94. The van der Waals surface area contributed by atoms with Crippen LogP contribution >= 0.6 is 11.6 Å². The Labute approximate surface area is 92.5 Å². The molecule has 3 nitrogen and oxygen atoms in total. The van der Waals surface area contributed by atoms with Gasteiger partial charge in [-0.15, -0.1) is 0 Å². The predicted octanol–water partition coefficient (Wildman–Crippen LogP) is 1.65. The monoisotopic (exact) mass is 225 g/mol. The highest BCUT2D eigenvalue weighted by atomic mass is 35.5. The highest BCUT2D eigenvalue weighted by molar-refractivity contribution is 6.31. The lowest BCUT2D eigenvalue weighted by atomic mass is 10.2. The van der Waals surface area contributed by atoms with Gasteiger partial charge in [-0.05, 0) is 23.6 Å². The average molecular weight is 226 g/mol. The van der Waals surface area contributed by atoms with E-state index in [1.54, 1.807) is 0 Å². The Morgan fingerprint density at radius 1 is 1.33 bits per heavy atom. The SMILES string of the molecule is OCC(O)Cn1ccc2ccc(Cl)cc21. The zero-order valence-corrected chi connectivity index (χ0v) is 8.85. The maximum absolute atomic E-state index is 9.35. The van der Waals surface area contributed by atoms with Gasteiger partial charge in [0.25, 0.3) is 0 Å². The van der Waals surface area contributed by atoms with Crippen LogP contribution in [0, 0.1) is 0 Å². The summed E-state index contributed by atoms with van der Waals surface area (Å²) in [7, 11) is 0. The summed E-state index contributed by atoms with van der Waals surface area (Å²) < 4.78 is 1.88. The van der Waals surface area contributed by atoms with E-state index in [9.17, 15) is 5.11 Å². The van der Waals surface area contributed by atoms with Gasteiger partial charge < -0.3 is 14.8 Å². The molecule has 0 aliphatic carbocycles. The summed E-state index contributed by atoms with van der Waals surface area (Å²) in [4.78, 5) is 0. The van der Waals surface area contributed by atoms with E-state index in [4.69, 9.17) is 16.7 Å². The second-order valence-electron chi connectivity index (χ2n) is 3.51. The maximum atomic E-state index is 9.35. The summed E-state index contributed by atoms with van der Waals surface area (Å²) in [5, 5.41) is 19.9. The molecule has 2 N–H and O–H groups in total. The van der Waals surface area contributed by atoms with E-state index >= 15 is 0 Å². The molecule has 1 unspecified atom stereocenters. The molecule has 1 atom stereocenters. The molecule has 0 fully saturated rings. The summed E-state index contributed by atoms with van der Waals surface area (Å²) in [5.74, 6) is 0. The zero-order valence-electron chi connectivity index (χ0n) is 8.10. The molecule has 80 valence electrons. The molecule has 1 aromatic heterocycles. The van der Waals surface area contributed by atoms with Crippen molar-refractivity contribution in [3.05, 3.63) is 35.5 Å². The van der Waals surface area contributed by atoms with Crippen LogP contribution in [-0.4, -0.2) is 27.5 Å². The lowest BCUT2D eigenvalue weighted by Crippen LogP contribution is -2.19. The minimum absolute atomic E-state index is 0.236. The minimum Gasteiger partial charge on any atom is -0.394 e. The average Bonchev–Trinajstić information content (AvgIpc) is 2.61. The third-order valence-corrected chi connectivity index (χ3v) is 2.59. The molecule has 0 saturated carbocycles. The van der Waals surface area contributed by atoms with Crippen molar-refractivity contribution in [1.82, 2.24) is 4.57 Å². The molecule has 0 bridgehead atoms. The third-order valence-electron chi connectivity index (χ3n) is 2.35. The number of hydrogen-bond donors (Lipinski definition) is 2. The molecule has 4 heteroatoms. The number of aliphatic hydroxyl groups is 2. The van der Waals surface area contributed by atoms with Gasteiger partial charge in [0, 0.05) is 16.7 Å². The fourth-order valence-corrected chi connectivity index (χ4v) is 1.77. The van der Waals surface area contributed by atoms with Gasteiger partial charge in [0.15, 0.2) is 0 Å². The van der Waals surface area contributed by atoms with E-state index in [0.29, 0.717) is 11.6 Å². The molecule has 0 aliphatic heterocycles. The normalized spacial score (nSPS) is 13.3. The van der Waals surface area contributed by atoms with Crippen molar-refractivity contribution in [2.24, 2.45) is 0 Å². The second kappa shape index (κ2) is 4.23. The van der Waals surface area contributed by atoms with Crippen molar-refractivity contribution in [2.45, 2.75) is 12.6 Å². The van der Waals surface area contributed by atoms with Crippen LogP contribution in [0.1, 0.15) is 0 Å². The van der Waals surface area contributed by atoms with Gasteiger partial charge in [-0.2, -0.15) is 0 Å². The smallest absolute Gasteiger partial charge is 0.0949 e. The molecule has 0 aliphatic rings.